The Labute approximate surface area is 131 Å². The van der Waals surface area contributed by atoms with Crippen molar-refractivity contribution in [2.24, 2.45) is 0 Å². The van der Waals surface area contributed by atoms with Crippen LogP contribution in [-0.2, 0) is 14.3 Å². The van der Waals surface area contributed by atoms with Crippen LogP contribution in [0, 0.1) is 0 Å². The molecular weight excluding hydrogens is 288 g/mol. The Morgan fingerprint density at radius 3 is 2.90 bits per heavy atom. The quantitative estimate of drug-likeness (QED) is 0.789. The monoisotopic (exact) mass is 314 g/mol. The highest BCUT2D eigenvalue weighted by Crippen LogP contribution is 2.25. The molecular formula is C15H26N2O3S. The van der Waals surface area contributed by atoms with E-state index in [1.807, 2.05) is 16.7 Å². The molecule has 3 fully saturated rings. The first-order chi connectivity index (χ1) is 10.2. The minimum absolute atomic E-state index is 0.131. The molecule has 0 aliphatic carbocycles. The fourth-order valence-electron chi connectivity index (χ4n) is 3.13. The summed E-state index contributed by atoms with van der Waals surface area (Å²) in [5.74, 6) is 2.34. The van der Waals surface area contributed by atoms with Gasteiger partial charge in [-0.15, -0.1) is 0 Å². The van der Waals surface area contributed by atoms with Crippen LogP contribution in [0.2, 0.25) is 0 Å². The number of amides is 1. The van der Waals surface area contributed by atoms with Crippen LogP contribution < -0.4 is 5.32 Å². The van der Waals surface area contributed by atoms with Crippen LogP contribution in [0.5, 0.6) is 0 Å². The van der Waals surface area contributed by atoms with Gasteiger partial charge in [-0.2, -0.15) is 11.8 Å². The largest absolute Gasteiger partial charge is 0.376 e. The molecule has 3 aliphatic rings. The summed E-state index contributed by atoms with van der Waals surface area (Å²) in [7, 11) is 0. The second-order valence-electron chi connectivity index (χ2n) is 6.54. The third-order valence-corrected chi connectivity index (χ3v) is 5.78. The molecule has 1 N–H and O–H groups in total. The predicted octanol–water partition coefficient (Wildman–Crippen LogP) is 0.878. The van der Waals surface area contributed by atoms with Gasteiger partial charge in [-0.25, -0.2) is 0 Å². The summed E-state index contributed by atoms with van der Waals surface area (Å²) >= 11 is 1.94. The molecule has 0 aromatic rings. The van der Waals surface area contributed by atoms with Crippen molar-refractivity contribution in [3.05, 3.63) is 0 Å². The van der Waals surface area contributed by atoms with Crippen molar-refractivity contribution in [3.8, 4) is 0 Å². The standard InChI is InChI=1S/C15H26N2O3S/c1-15(10-16-11-15)20-8-14(18)17(12-4-6-21-9-12)7-13-3-2-5-19-13/h12-13,16H,2-11H2,1H3. The van der Waals surface area contributed by atoms with E-state index in [1.165, 1.54) is 0 Å². The number of carbonyl (C=O) groups is 1. The molecule has 0 bridgehead atoms. The molecule has 2 unspecified atom stereocenters. The van der Waals surface area contributed by atoms with Gasteiger partial charge in [0.2, 0.25) is 5.91 Å². The smallest absolute Gasteiger partial charge is 0.248 e. The van der Waals surface area contributed by atoms with E-state index in [1.54, 1.807) is 0 Å². The number of thioether (sulfide) groups is 1. The first-order valence-electron chi connectivity index (χ1n) is 8.00. The SMILES string of the molecule is CC1(OCC(=O)N(CC2CCCO2)C2CCSC2)CNC1. The van der Waals surface area contributed by atoms with Gasteiger partial charge in [-0.05, 0) is 31.9 Å². The van der Waals surface area contributed by atoms with Gasteiger partial charge in [-0.1, -0.05) is 0 Å². The first kappa shape index (κ1) is 15.6. The summed E-state index contributed by atoms with van der Waals surface area (Å²) in [4.78, 5) is 14.7. The maximum atomic E-state index is 12.6. The zero-order valence-electron chi connectivity index (χ0n) is 12.8. The van der Waals surface area contributed by atoms with E-state index in [0.717, 1.165) is 57.0 Å². The Morgan fingerprint density at radius 2 is 2.33 bits per heavy atom. The lowest BCUT2D eigenvalue weighted by Gasteiger charge is -2.39. The fourth-order valence-corrected chi connectivity index (χ4v) is 4.35. The fraction of sp³-hybridized carbons (Fsp3) is 0.933. The molecule has 2 atom stereocenters. The first-order valence-corrected chi connectivity index (χ1v) is 9.15. The normalized spacial score (nSPS) is 31.1. The second-order valence-corrected chi connectivity index (χ2v) is 7.69. The van der Waals surface area contributed by atoms with Crippen LogP contribution in [-0.4, -0.2) is 72.9 Å². The summed E-state index contributed by atoms with van der Waals surface area (Å²) in [6.07, 6.45) is 3.51. The summed E-state index contributed by atoms with van der Waals surface area (Å²) < 4.78 is 11.6. The number of nitrogens with zero attached hydrogens (tertiary/aromatic N) is 1. The van der Waals surface area contributed by atoms with Gasteiger partial charge >= 0.3 is 0 Å². The zero-order chi connectivity index (χ0) is 14.7. The lowest BCUT2D eigenvalue weighted by atomic mass is 10.0. The lowest BCUT2D eigenvalue weighted by Crippen LogP contribution is -2.60. The van der Waals surface area contributed by atoms with Crippen LogP contribution in [0.4, 0.5) is 0 Å². The summed E-state index contributed by atoms with van der Waals surface area (Å²) in [6.45, 7) is 5.52. The molecule has 6 heteroatoms. The van der Waals surface area contributed by atoms with Crippen molar-refractivity contribution >= 4 is 17.7 Å². The van der Waals surface area contributed by atoms with Gasteiger partial charge in [0, 0.05) is 38.0 Å². The van der Waals surface area contributed by atoms with Crippen molar-refractivity contribution in [3.63, 3.8) is 0 Å². The molecule has 120 valence electrons. The van der Waals surface area contributed by atoms with Crippen molar-refractivity contribution in [2.75, 3.05) is 44.4 Å². The van der Waals surface area contributed by atoms with Crippen LogP contribution >= 0.6 is 11.8 Å². The van der Waals surface area contributed by atoms with E-state index in [2.05, 4.69) is 12.2 Å². The van der Waals surface area contributed by atoms with Gasteiger partial charge < -0.3 is 19.7 Å². The Kier molecular flexibility index (Phi) is 5.09. The molecule has 5 nitrogen and oxygen atoms in total. The third kappa shape index (κ3) is 3.92. The minimum atomic E-state index is -0.157. The molecule has 3 aliphatic heterocycles. The van der Waals surface area contributed by atoms with Crippen LogP contribution in [0.1, 0.15) is 26.2 Å². The Hall–Kier alpha value is -0.300. The van der Waals surface area contributed by atoms with E-state index in [4.69, 9.17) is 9.47 Å². The molecule has 0 aromatic heterocycles. The topological polar surface area (TPSA) is 50.8 Å². The van der Waals surface area contributed by atoms with Crippen LogP contribution in [0.15, 0.2) is 0 Å². The van der Waals surface area contributed by atoms with Crippen molar-refractivity contribution in [1.29, 1.82) is 0 Å². The van der Waals surface area contributed by atoms with E-state index < -0.39 is 0 Å². The van der Waals surface area contributed by atoms with Gasteiger partial charge in [0.1, 0.15) is 6.61 Å². The highest BCUT2D eigenvalue weighted by molar-refractivity contribution is 7.99. The molecule has 3 saturated heterocycles. The van der Waals surface area contributed by atoms with E-state index in [9.17, 15) is 4.79 Å². The van der Waals surface area contributed by atoms with Gasteiger partial charge in [0.15, 0.2) is 0 Å². The maximum Gasteiger partial charge on any atom is 0.248 e. The summed E-state index contributed by atoms with van der Waals surface area (Å²) in [6, 6.07) is 0.364. The van der Waals surface area contributed by atoms with Gasteiger partial charge in [-0.3, -0.25) is 4.79 Å². The molecule has 3 heterocycles. The van der Waals surface area contributed by atoms with E-state index >= 15 is 0 Å². The average molecular weight is 314 g/mol. The number of rotatable bonds is 6. The molecule has 0 radical (unpaired) electrons. The lowest BCUT2D eigenvalue weighted by molar-refractivity contribution is -0.149. The highest BCUT2D eigenvalue weighted by Gasteiger charge is 2.35. The Balaban J connectivity index is 1.55. The minimum Gasteiger partial charge on any atom is -0.376 e. The molecule has 1 amide bonds. The maximum absolute atomic E-state index is 12.6. The van der Waals surface area contributed by atoms with Crippen molar-refractivity contribution in [1.82, 2.24) is 10.2 Å². The number of hydrogen-bond acceptors (Lipinski definition) is 5. The molecule has 0 spiro atoms. The van der Waals surface area contributed by atoms with E-state index in [-0.39, 0.29) is 24.2 Å². The zero-order valence-corrected chi connectivity index (χ0v) is 13.6. The molecule has 3 rings (SSSR count). The van der Waals surface area contributed by atoms with Crippen LogP contribution in [0.25, 0.3) is 0 Å². The second kappa shape index (κ2) is 6.86. The van der Waals surface area contributed by atoms with E-state index in [0.29, 0.717) is 6.04 Å². The number of nitrogens with one attached hydrogen (secondary N) is 1. The van der Waals surface area contributed by atoms with Crippen LogP contribution in [0.3, 0.4) is 0 Å². The number of carbonyl (C=O) groups excluding carboxylic acids is 1. The Bertz CT molecular complexity index is 364. The highest BCUT2D eigenvalue weighted by atomic mass is 32.2. The van der Waals surface area contributed by atoms with Gasteiger partial charge in [0.05, 0.1) is 11.7 Å². The molecule has 0 aromatic carbocycles. The van der Waals surface area contributed by atoms with Crippen molar-refractivity contribution < 1.29 is 14.3 Å². The summed E-state index contributed by atoms with van der Waals surface area (Å²) in [5, 5.41) is 3.20. The Morgan fingerprint density at radius 1 is 1.48 bits per heavy atom. The molecule has 21 heavy (non-hydrogen) atoms. The average Bonchev–Trinajstić information content (AvgIpc) is 3.12. The van der Waals surface area contributed by atoms with Gasteiger partial charge in [0.25, 0.3) is 0 Å². The predicted molar refractivity (Wildman–Crippen MR) is 83.6 cm³/mol. The molecule has 0 saturated carbocycles. The van der Waals surface area contributed by atoms with Crippen molar-refractivity contribution in [2.45, 2.75) is 43.9 Å². The third-order valence-electron chi connectivity index (χ3n) is 4.63. The number of ether oxygens (including phenoxy) is 2. The number of hydrogen-bond donors (Lipinski definition) is 1. The summed E-state index contributed by atoms with van der Waals surface area (Å²) in [5.41, 5.74) is -0.157.